The number of nitrogens with one attached hydrogen (secondary N) is 2. The number of thiophene rings is 1. The van der Waals surface area contributed by atoms with Crippen LogP contribution in [0.4, 0.5) is 0 Å². The molecular formula is C19H25N3O4S2. The van der Waals surface area contributed by atoms with Crippen molar-refractivity contribution in [1.29, 1.82) is 0 Å². The van der Waals surface area contributed by atoms with Gasteiger partial charge in [-0.15, -0.1) is 11.3 Å². The lowest BCUT2D eigenvalue weighted by Crippen LogP contribution is -2.42. The molecule has 0 saturated carbocycles. The largest absolute Gasteiger partial charge is 0.456 e. The molecule has 0 bridgehead atoms. The van der Waals surface area contributed by atoms with Crippen LogP contribution in [0.3, 0.4) is 0 Å². The van der Waals surface area contributed by atoms with Crippen LogP contribution in [0.25, 0.3) is 10.2 Å². The van der Waals surface area contributed by atoms with Crippen molar-refractivity contribution in [2.45, 2.75) is 57.7 Å². The number of amides is 1. The number of hydrogen-bond acceptors (Lipinski definition) is 7. The molecule has 0 unspecified atom stereocenters. The lowest BCUT2D eigenvalue weighted by atomic mass is 10.1. The van der Waals surface area contributed by atoms with Gasteiger partial charge in [-0.3, -0.25) is 14.4 Å². The van der Waals surface area contributed by atoms with Gasteiger partial charge < -0.3 is 15.0 Å². The fourth-order valence-electron chi connectivity index (χ4n) is 3.11. The van der Waals surface area contributed by atoms with Crippen LogP contribution in [0.15, 0.2) is 4.79 Å². The SMILES string of the molecule is CC(C)(C)NC(=O)COC(=O)CCSCc1nc2sc3c(c2c(=O)[nH]1)CCC3. The molecule has 1 amide bonds. The third-order valence-electron chi connectivity index (χ3n) is 4.19. The van der Waals surface area contributed by atoms with Crippen molar-refractivity contribution in [3.63, 3.8) is 0 Å². The quantitative estimate of drug-likeness (QED) is 0.524. The van der Waals surface area contributed by atoms with Crippen LogP contribution in [0.1, 0.15) is 49.9 Å². The van der Waals surface area contributed by atoms with E-state index in [2.05, 4.69) is 15.3 Å². The first-order valence-electron chi connectivity index (χ1n) is 9.31. The number of H-pyrrole nitrogens is 1. The summed E-state index contributed by atoms with van der Waals surface area (Å²) in [5.41, 5.74) is 0.753. The van der Waals surface area contributed by atoms with Crippen molar-refractivity contribution in [2.24, 2.45) is 0 Å². The second kappa shape index (κ2) is 8.65. The fourth-order valence-corrected chi connectivity index (χ4v) is 5.18. The highest BCUT2D eigenvalue weighted by atomic mass is 32.2. The molecule has 7 nitrogen and oxygen atoms in total. The number of hydrogen-bond donors (Lipinski definition) is 2. The monoisotopic (exact) mass is 423 g/mol. The Labute approximate surface area is 171 Å². The summed E-state index contributed by atoms with van der Waals surface area (Å²) in [4.78, 5) is 45.3. The number of rotatable bonds is 7. The van der Waals surface area contributed by atoms with Crippen molar-refractivity contribution >= 4 is 45.2 Å². The first-order valence-corrected chi connectivity index (χ1v) is 11.3. The molecule has 152 valence electrons. The van der Waals surface area contributed by atoms with E-state index in [0.29, 0.717) is 17.3 Å². The molecule has 2 aromatic rings. The molecule has 1 aliphatic rings. The van der Waals surface area contributed by atoms with E-state index >= 15 is 0 Å². The lowest BCUT2D eigenvalue weighted by molar-refractivity contribution is -0.148. The summed E-state index contributed by atoms with van der Waals surface area (Å²) in [7, 11) is 0. The summed E-state index contributed by atoms with van der Waals surface area (Å²) < 4.78 is 4.98. The molecule has 0 aliphatic heterocycles. The maximum absolute atomic E-state index is 12.4. The van der Waals surface area contributed by atoms with E-state index in [1.165, 1.54) is 22.2 Å². The van der Waals surface area contributed by atoms with Crippen LogP contribution in [-0.4, -0.2) is 39.7 Å². The van der Waals surface area contributed by atoms with E-state index in [0.717, 1.165) is 29.5 Å². The average Bonchev–Trinajstić information content (AvgIpc) is 3.15. The predicted molar refractivity (Wildman–Crippen MR) is 112 cm³/mol. The summed E-state index contributed by atoms with van der Waals surface area (Å²) in [6, 6.07) is 0. The van der Waals surface area contributed by atoms with E-state index in [-0.39, 0.29) is 30.0 Å². The van der Waals surface area contributed by atoms with Gasteiger partial charge in [0.05, 0.1) is 17.6 Å². The van der Waals surface area contributed by atoms with Crippen LogP contribution in [0.2, 0.25) is 0 Å². The van der Waals surface area contributed by atoms with Crippen molar-refractivity contribution in [3.8, 4) is 0 Å². The average molecular weight is 424 g/mol. The highest BCUT2D eigenvalue weighted by Gasteiger charge is 2.21. The Balaban J connectivity index is 1.43. The molecule has 0 aromatic carbocycles. The highest BCUT2D eigenvalue weighted by Crippen LogP contribution is 2.34. The molecule has 1 aliphatic carbocycles. The van der Waals surface area contributed by atoms with Gasteiger partial charge in [-0.1, -0.05) is 0 Å². The number of aromatic nitrogens is 2. The zero-order valence-corrected chi connectivity index (χ0v) is 18.0. The Bertz CT molecular complexity index is 943. The van der Waals surface area contributed by atoms with Gasteiger partial charge in [-0.05, 0) is 45.6 Å². The van der Waals surface area contributed by atoms with E-state index in [1.807, 2.05) is 20.8 Å². The summed E-state index contributed by atoms with van der Waals surface area (Å²) in [5, 5.41) is 3.49. The van der Waals surface area contributed by atoms with E-state index in [1.54, 1.807) is 11.3 Å². The molecule has 2 aromatic heterocycles. The topological polar surface area (TPSA) is 101 Å². The first-order chi connectivity index (χ1) is 13.2. The zero-order valence-electron chi connectivity index (χ0n) is 16.3. The number of aromatic amines is 1. The minimum absolute atomic E-state index is 0.0655. The zero-order chi connectivity index (χ0) is 20.3. The maximum atomic E-state index is 12.4. The number of esters is 1. The third kappa shape index (κ3) is 5.35. The van der Waals surface area contributed by atoms with Crippen molar-refractivity contribution in [1.82, 2.24) is 15.3 Å². The second-order valence-electron chi connectivity index (χ2n) is 7.81. The van der Waals surface area contributed by atoms with Crippen LogP contribution >= 0.6 is 23.1 Å². The number of fused-ring (bicyclic) bond motifs is 3. The Morgan fingerprint density at radius 2 is 2.11 bits per heavy atom. The Morgan fingerprint density at radius 1 is 1.32 bits per heavy atom. The predicted octanol–water partition coefficient (Wildman–Crippen LogP) is 2.55. The minimum atomic E-state index is -0.414. The molecule has 0 radical (unpaired) electrons. The van der Waals surface area contributed by atoms with E-state index in [9.17, 15) is 14.4 Å². The first kappa shape index (κ1) is 20.9. The molecule has 0 saturated heterocycles. The molecule has 0 fully saturated rings. The van der Waals surface area contributed by atoms with Gasteiger partial charge in [0.1, 0.15) is 10.7 Å². The number of thioether (sulfide) groups is 1. The van der Waals surface area contributed by atoms with Crippen LogP contribution < -0.4 is 10.9 Å². The third-order valence-corrected chi connectivity index (χ3v) is 6.35. The summed E-state index contributed by atoms with van der Waals surface area (Å²) in [5.74, 6) is 0.948. The van der Waals surface area contributed by atoms with E-state index in [4.69, 9.17) is 4.74 Å². The molecule has 0 spiro atoms. The van der Waals surface area contributed by atoms with Gasteiger partial charge in [-0.25, -0.2) is 4.98 Å². The molecule has 3 rings (SSSR count). The van der Waals surface area contributed by atoms with E-state index < -0.39 is 5.97 Å². The van der Waals surface area contributed by atoms with Gasteiger partial charge in [0.25, 0.3) is 11.5 Å². The summed E-state index contributed by atoms with van der Waals surface area (Å²) in [6.07, 6.45) is 3.31. The summed E-state index contributed by atoms with van der Waals surface area (Å²) >= 11 is 3.12. The summed E-state index contributed by atoms with van der Waals surface area (Å²) in [6.45, 7) is 5.32. The van der Waals surface area contributed by atoms with Gasteiger partial charge in [-0.2, -0.15) is 11.8 Å². The van der Waals surface area contributed by atoms with Crippen molar-refractivity contribution in [3.05, 3.63) is 26.6 Å². The Kier molecular flexibility index (Phi) is 6.44. The number of nitrogens with zero attached hydrogens (tertiary/aromatic N) is 1. The molecule has 2 N–H and O–H groups in total. The molecule has 28 heavy (non-hydrogen) atoms. The van der Waals surface area contributed by atoms with Gasteiger partial charge >= 0.3 is 5.97 Å². The minimum Gasteiger partial charge on any atom is -0.456 e. The van der Waals surface area contributed by atoms with Crippen LogP contribution in [0.5, 0.6) is 0 Å². The van der Waals surface area contributed by atoms with Gasteiger partial charge in [0, 0.05) is 16.2 Å². The van der Waals surface area contributed by atoms with Crippen molar-refractivity contribution < 1.29 is 14.3 Å². The normalized spacial score (nSPS) is 13.5. The maximum Gasteiger partial charge on any atom is 0.307 e. The number of carbonyl (C=O) groups is 2. The number of aryl methyl sites for hydroxylation is 2. The fraction of sp³-hybridized carbons (Fsp3) is 0.579. The highest BCUT2D eigenvalue weighted by molar-refractivity contribution is 7.98. The number of ether oxygens (including phenoxy) is 1. The Hall–Kier alpha value is -1.87. The molecule has 0 atom stereocenters. The molecule has 9 heteroatoms. The number of carbonyl (C=O) groups excluding carboxylic acids is 2. The standard InChI is InChI=1S/C19H25N3O4S2/c1-19(2,3)22-14(23)9-26-15(24)7-8-27-10-13-20-17(25)16-11-5-4-6-12(11)28-18(16)21-13/h4-10H2,1-3H3,(H,22,23)(H,20,21,25). The van der Waals surface area contributed by atoms with Crippen LogP contribution in [-0.2, 0) is 32.9 Å². The van der Waals surface area contributed by atoms with Crippen LogP contribution in [0, 0.1) is 0 Å². The lowest BCUT2D eigenvalue weighted by Gasteiger charge is -2.20. The second-order valence-corrected chi connectivity index (χ2v) is 10.0. The van der Waals surface area contributed by atoms with Gasteiger partial charge in [0.15, 0.2) is 6.61 Å². The molecular weight excluding hydrogens is 398 g/mol. The smallest absolute Gasteiger partial charge is 0.307 e. The van der Waals surface area contributed by atoms with Gasteiger partial charge in [0.2, 0.25) is 0 Å². The molecule has 2 heterocycles. The van der Waals surface area contributed by atoms with Crippen molar-refractivity contribution in [2.75, 3.05) is 12.4 Å². The Morgan fingerprint density at radius 3 is 2.86 bits per heavy atom.